The first-order chi connectivity index (χ1) is 27.3. The summed E-state index contributed by atoms with van der Waals surface area (Å²) in [5.74, 6) is 0. The van der Waals surface area contributed by atoms with Gasteiger partial charge in [0.25, 0.3) is 0 Å². The molecule has 0 saturated heterocycles. The fraction of sp³-hybridized carbons (Fsp3) is 0. The molecule has 55 heavy (non-hydrogen) atoms. The number of rotatable bonds is 4. The Bertz CT molecular complexity index is 3490. The third kappa shape index (κ3) is 4.50. The van der Waals surface area contributed by atoms with Gasteiger partial charge in [0.05, 0.1) is 22.1 Å². The van der Waals surface area contributed by atoms with E-state index in [9.17, 15) is 0 Å². The highest BCUT2D eigenvalue weighted by molar-refractivity contribution is 6.16. The minimum Gasteiger partial charge on any atom is -0.456 e. The van der Waals surface area contributed by atoms with Gasteiger partial charge in [-0.3, -0.25) is 0 Å². The highest BCUT2D eigenvalue weighted by Crippen LogP contribution is 2.42. The van der Waals surface area contributed by atoms with Crippen molar-refractivity contribution in [3.63, 3.8) is 0 Å². The van der Waals surface area contributed by atoms with Gasteiger partial charge in [-0.25, -0.2) is 0 Å². The van der Waals surface area contributed by atoms with Crippen LogP contribution >= 0.6 is 0 Å². The van der Waals surface area contributed by atoms with E-state index in [1.54, 1.807) is 0 Å². The van der Waals surface area contributed by atoms with Gasteiger partial charge < -0.3 is 13.6 Å². The monoisotopic (exact) mass is 700 g/mol. The van der Waals surface area contributed by atoms with Crippen molar-refractivity contribution in [3.8, 4) is 33.6 Å². The second-order valence-corrected chi connectivity index (χ2v) is 14.5. The lowest BCUT2D eigenvalue weighted by atomic mass is 9.97. The summed E-state index contributed by atoms with van der Waals surface area (Å²) in [6.45, 7) is 0. The molecule has 3 heterocycles. The molecule has 0 amide bonds. The average molecular weight is 701 g/mol. The number of furan rings is 1. The first kappa shape index (κ1) is 30.1. The van der Waals surface area contributed by atoms with Crippen molar-refractivity contribution in [3.05, 3.63) is 194 Å². The lowest BCUT2D eigenvalue weighted by Crippen LogP contribution is -1.94. The minimum atomic E-state index is 0.906. The summed E-state index contributed by atoms with van der Waals surface area (Å²) >= 11 is 0. The number of nitrogens with zero attached hydrogens (tertiary/aromatic N) is 2. The molecule has 0 bridgehead atoms. The molecule has 0 spiro atoms. The third-order valence-corrected chi connectivity index (χ3v) is 11.5. The number of benzene rings is 9. The van der Waals surface area contributed by atoms with Crippen LogP contribution in [0.4, 0.5) is 0 Å². The number of hydrogen-bond acceptors (Lipinski definition) is 1. The van der Waals surface area contributed by atoms with Crippen molar-refractivity contribution >= 4 is 76.3 Å². The summed E-state index contributed by atoms with van der Waals surface area (Å²) in [4.78, 5) is 0. The summed E-state index contributed by atoms with van der Waals surface area (Å²) in [6.07, 6.45) is 0. The Kier molecular flexibility index (Phi) is 6.34. The normalized spacial score (nSPS) is 12.0. The minimum absolute atomic E-state index is 0.906. The van der Waals surface area contributed by atoms with E-state index in [0.29, 0.717) is 0 Å². The molecule has 0 N–H and O–H groups in total. The molecular weight excluding hydrogens is 669 g/mol. The van der Waals surface area contributed by atoms with Crippen LogP contribution in [-0.2, 0) is 0 Å². The van der Waals surface area contributed by atoms with E-state index in [2.05, 4.69) is 197 Å². The molecule has 0 fully saturated rings. The van der Waals surface area contributed by atoms with Crippen molar-refractivity contribution in [1.82, 2.24) is 9.13 Å². The lowest BCUT2D eigenvalue weighted by Gasteiger charge is -2.10. The summed E-state index contributed by atoms with van der Waals surface area (Å²) in [5.41, 5.74) is 13.6. The van der Waals surface area contributed by atoms with E-state index in [1.807, 2.05) is 6.07 Å². The van der Waals surface area contributed by atoms with Crippen molar-refractivity contribution < 1.29 is 4.42 Å². The standard InChI is InChI=1S/C52H32N2O/c1-2-13-38(14-3-1)53-46-18-8-6-15-41(46)43-30-35(22-26-47(43)53)36-23-27-48-44(31-36)45-32-37(40-17-10-20-51-52(40)42-16-7-9-19-50(42)55-51)24-28-49(45)54(48)39-25-21-33-11-4-5-12-34(33)29-39/h1-32H. The number of para-hydroxylation sites is 3. The Morgan fingerprint density at radius 3 is 1.65 bits per heavy atom. The lowest BCUT2D eigenvalue weighted by molar-refractivity contribution is 0.669. The molecule has 3 aromatic heterocycles. The maximum Gasteiger partial charge on any atom is 0.136 e. The molecule has 12 rings (SSSR count). The SMILES string of the molecule is c1ccc(-n2c3ccccc3c3cc(-c4ccc5c(c4)c4cc(-c6cccc7oc8ccccc8c67)ccc4n5-c4ccc5ccccc5c4)ccc32)cc1. The number of fused-ring (bicyclic) bond motifs is 10. The molecule has 3 heteroatoms. The van der Waals surface area contributed by atoms with Gasteiger partial charge >= 0.3 is 0 Å². The van der Waals surface area contributed by atoms with Crippen LogP contribution in [0, 0.1) is 0 Å². The van der Waals surface area contributed by atoms with Crippen LogP contribution in [0.1, 0.15) is 0 Å². The molecule has 0 radical (unpaired) electrons. The van der Waals surface area contributed by atoms with E-state index >= 15 is 0 Å². The Balaban J connectivity index is 1.10. The molecule has 0 aliphatic rings. The van der Waals surface area contributed by atoms with Gasteiger partial charge in [0.2, 0.25) is 0 Å². The highest BCUT2D eigenvalue weighted by atomic mass is 16.3. The Hall–Kier alpha value is -7.36. The van der Waals surface area contributed by atoms with Crippen molar-refractivity contribution in [2.75, 3.05) is 0 Å². The van der Waals surface area contributed by atoms with Gasteiger partial charge in [-0.2, -0.15) is 0 Å². The maximum atomic E-state index is 6.31. The number of hydrogen-bond donors (Lipinski definition) is 0. The molecule has 0 unspecified atom stereocenters. The molecule has 0 atom stereocenters. The fourth-order valence-electron chi connectivity index (χ4n) is 8.99. The van der Waals surface area contributed by atoms with Gasteiger partial charge in [0, 0.05) is 43.7 Å². The van der Waals surface area contributed by atoms with Crippen molar-refractivity contribution in [1.29, 1.82) is 0 Å². The van der Waals surface area contributed by atoms with E-state index < -0.39 is 0 Å². The summed E-state index contributed by atoms with van der Waals surface area (Å²) < 4.78 is 11.1. The summed E-state index contributed by atoms with van der Waals surface area (Å²) in [5, 5.41) is 9.69. The van der Waals surface area contributed by atoms with Gasteiger partial charge in [-0.1, -0.05) is 115 Å². The Labute approximate surface area is 316 Å². The Morgan fingerprint density at radius 2 is 0.873 bits per heavy atom. The summed E-state index contributed by atoms with van der Waals surface area (Å²) in [7, 11) is 0. The summed E-state index contributed by atoms with van der Waals surface area (Å²) in [6, 6.07) is 70.4. The van der Waals surface area contributed by atoms with Crippen LogP contribution in [0.15, 0.2) is 199 Å². The van der Waals surface area contributed by atoms with Crippen LogP contribution in [0.3, 0.4) is 0 Å². The van der Waals surface area contributed by atoms with Crippen LogP contribution < -0.4 is 0 Å². The molecule has 0 aliphatic heterocycles. The molecule has 256 valence electrons. The van der Waals surface area contributed by atoms with E-state index in [-0.39, 0.29) is 0 Å². The largest absolute Gasteiger partial charge is 0.456 e. The van der Waals surface area contributed by atoms with Gasteiger partial charge in [-0.05, 0) is 112 Å². The molecule has 12 aromatic rings. The third-order valence-electron chi connectivity index (χ3n) is 11.5. The fourth-order valence-corrected chi connectivity index (χ4v) is 8.99. The van der Waals surface area contributed by atoms with Gasteiger partial charge in [0.1, 0.15) is 11.2 Å². The van der Waals surface area contributed by atoms with Gasteiger partial charge in [0.15, 0.2) is 0 Å². The Morgan fingerprint density at radius 1 is 0.309 bits per heavy atom. The van der Waals surface area contributed by atoms with Crippen LogP contribution in [-0.4, -0.2) is 9.13 Å². The highest BCUT2D eigenvalue weighted by Gasteiger charge is 2.18. The van der Waals surface area contributed by atoms with E-state index in [0.717, 1.165) is 27.6 Å². The van der Waals surface area contributed by atoms with Crippen molar-refractivity contribution in [2.24, 2.45) is 0 Å². The predicted octanol–water partition coefficient (Wildman–Crippen LogP) is 14.3. The van der Waals surface area contributed by atoms with E-state index in [1.165, 1.54) is 82.3 Å². The zero-order chi connectivity index (χ0) is 36.0. The van der Waals surface area contributed by atoms with Crippen LogP contribution in [0.2, 0.25) is 0 Å². The zero-order valence-electron chi connectivity index (χ0n) is 29.8. The second kappa shape index (κ2) is 11.6. The smallest absolute Gasteiger partial charge is 0.136 e. The molecule has 0 aliphatic carbocycles. The van der Waals surface area contributed by atoms with E-state index in [4.69, 9.17) is 4.42 Å². The number of aromatic nitrogens is 2. The zero-order valence-corrected chi connectivity index (χ0v) is 29.8. The molecule has 0 saturated carbocycles. The molecular formula is C52H32N2O. The van der Waals surface area contributed by atoms with Crippen LogP contribution in [0.5, 0.6) is 0 Å². The van der Waals surface area contributed by atoms with Crippen molar-refractivity contribution in [2.45, 2.75) is 0 Å². The topological polar surface area (TPSA) is 23.0 Å². The first-order valence-electron chi connectivity index (χ1n) is 18.8. The van der Waals surface area contributed by atoms with Gasteiger partial charge in [-0.15, -0.1) is 0 Å². The maximum absolute atomic E-state index is 6.31. The molecule has 3 nitrogen and oxygen atoms in total. The average Bonchev–Trinajstić information content (AvgIpc) is 3.91. The quantitative estimate of drug-likeness (QED) is 0.179. The molecule has 9 aromatic carbocycles. The van der Waals surface area contributed by atoms with Crippen LogP contribution in [0.25, 0.3) is 110 Å². The predicted molar refractivity (Wildman–Crippen MR) is 231 cm³/mol. The first-order valence-corrected chi connectivity index (χ1v) is 18.8. The second-order valence-electron chi connectivity index (χ2n) is 14.5.